The van der Waals surface area contributed by atoms with Crippen molar-refractivity contribution in [3.8, 4) is 0 Å². The standard InChI is InChI=1S/C15H19F3N4/c1-22(2)6-5-20-9-12-4-3-10-7-11(15(16,17)18)8-13(19)14(10)21-12/h3-4,7-8,20H,5-6,9,19H2,1-2H3. The molecule has 1 aromatic carbocycles. The van der Waals surface area contributed by atoms with Gasteiger partial charge in [-0.15, -0.1) is 0 Å². The summed E-state index contributed by atoms with van der Waals surface area (Å²) >= 11 is 0. The molecule has 0 spiro atoms. The van der Waals surface area contributed by atoms with Gasteiger partial charge in [-0.05, 0) is 32.3 Å². The second-order valence-corrected chi connectivity index (χ2v) is 5.42. The predicted octanol–water partition coefficient (Wildman–Crippen LogP) is 2.49. The maximum atomic E-state index is 12.8. The summed E-state index contributed by atoms with van der Waals surface area (Å²) in [5.41, 5.74) is 6.17. The van der Waals surface area contributed by atoms with Crippen molar-refractivity contribution in [1.82, 2.24) is 15.2 Å². The number of halogens is 3. The number of hydrogen-bond acceptors (Lipinski definition) is 4. The van der Waals surface area contributed by atoms with Crippen LogP contribution in [0.4, 0.5) is 18.9 Å². The smallest absolute Gasteiger partial charge is 0.397 e. The lowest BCUT2D eigenvalue weighted by molar-refractivity contribution is -0.137. The van der Waals surface area contributed by atoms with Gasteiger partial charge in [0.2, 0.25) is 0 Å². The second-order valence-electron chi connectivity index (χ2n) is 5.42. The van der Waals surface area contributed by atoms with Crippen LogP contribution in [0.1, 0.15) is 11.3 Å². The number of nitrogens with zero attached hydrogens (tertiary/aromatic N) is 2. The second kappa shape index (κ2) is 6.50. The number of likely N-dealkylation sites (N-methyl/N-ethyl adjacent to an activating group) is 1. The van der Waals surface area contributed by atoms with E-state index >= 15 is 0 Å². The lowest BCUT2D eigenvalue weighted by atomic mass is 10.1. The molecular weight excluding hydrogens is 293 g/mol. The third-order valence-electron chi connectivity index (χ3n) is 3.25. The molecule has 0 radical (unpaired) electrons. The highest BCUT2D eigenvalue weighted by Crippen LogP contribution is 2.33. The largest absolute Gasteiger partial charge is 0.416 e. The molecule has 22 heavy (non-hydrogen) atoms. The molecule has 3 N–H and O–H groups in total. The first-order valence-electron chi connectivity index (χ1n) is 6.89. The minimum Gasteiger partial charge on any atom is -0.397 e. The van der Waals surface area contributed by atoms with Crippen LogP contribution in [0.15, 0.2) is 24.3 Å². The van der Waals surface area contributed by atoms with Crippen LogP contribution in [0, 0.1) is 0 Å². The number of fused-ring (bicyclic) bond motifs is 1. The summed E-state index contributed by atoms with van der Waals surface area (Å²) < 4.78 is 38.3. The molecule has 1 aromatic heterocycles. The monoisotopic (exact) mass is 312 g/mol. The minimum atomic E-state index is -4.41. The SMILES string of the molecule is CN(C)CCNCc1ccc2cc(C(F)(F)F)cc(N)c2n1. The van der Waals surface area contributed by atoms with Crippen molar-refractivity contribution >= 4 is 16.6 Å². The van der Waals surface area contributed by atoms with Crippen molar-refractivity contribution in [2.75, 3.05) is 32.9 Å². The maximum absolute atomic E-state index is 12.8. The third kappa shape index (κ3) is 4.08. The molecule has 0 atom stereocenters. The quantitative estimate of drug-likeness (QED) is 0.658. The fraction of sp³-hybridized carbons (Fsp3) is 0.400. The Morgan fingerprint density at radius 1 is 1.23 bits per heavy atom. The molecule has 2 aromatic rings. The average Bonchev–Trinajstić information content (AvgIpc) is 2.42. The van der Waals surface area contributed by atoms with Crippen LogP contribution in [0.3, 0.4) is 0 Å². The first-order chi connectivity index (χ1) is 10.3. The van der Waals surface area contributed by atoms with Crippen molar-refractivity contribution in [2.24, 2.45) is 0 Å². The van der Waals surface area contributed by atoms with Crippen LogP contribution < -0.4 is 11.1 Å². The molecule has 0 saturated heterocycles. The molecule has 4 nitrogen and oxygen atoms in total. The Bertz CT molecular complexity index is 653. The summed E-state index contributed by atoms with van der Waals surface area (Å²) in [6.07, 6.45) is -4.41. The van der Waals surface area contributed by atoms with Gasteiger partial charge in [-0.25, -0.2) is 4.98 Å². The Morgan fingerprint density at radius 2 is 1.95 bits per heavy atom. The summed E-state index contributed by atoms with van der Waals surface area (Å²) in [7, 11) is 3.96. The Balaban J connectivity index is 2.19. The Hall–Kier alpha value is -1.86. The molecule has 0 aliphatic rings. The number of hydrogen-bond donors (Lipinski definition) is 2. The summed E-state index contributed by atoms with van der Waals surface area (Å²) in [5.74, 6) is 0. The van der Waals surface area contributed by atoms with Crippen molar-refractivity contribution < 1.29 is 13.2 Å². The van der Waals surface area contributed by atoms with E-state index < -0.39 is 11.7 Å². The Morgan fingerprint density at radius 3 is 2.59 bits per heavy atom. The normalized spacial score (nSPS) is 12.3. The van der Waals surface area contributed by atoms with E-state index in [1.807, 2.05) is 14.1 Å². The number of nitrogens with two attached hydrogens (primary N) is 1. The molecule has 0 aliphatic carbocycles. The summed E-state index contributed by atoms with van der Waals surface area (Å²) in [6, 6.07) is 5.34. The maximum Gasteiger partial charge on any atom is 0.416 e. The van der Waals surface area contributed by atoms with Crippen LogP contribution in [0.5, 0.6) is 0 Å². The van der Waals surface area contributed by atoms with Gasteiger partial charge in [0.1, 0.15) is 0 Å². The van der Waals surface area contributed by atoms with Crippen molar-refractivity contribution in [2.45, 2.75) is 12.7 Å². The van der Waals surface area contributed by atoms with Gasteiger partial charge in [0.05, 0.1) is 22.5 Å². The number of pyridine rings is 1. The van der Waals surface area contributed by atoms with Gasteiger partial charge >= 0.3 is 6.18 Å². The zero-order valence-corrected chi connectivity index (χ0v) is 12.5. The number of anilines is 1. The van der Waals surface area contributed by atoms with Crippen molar-refractivity contribution in [3.05, 3.63) is 35.5 Å². The highest BCUT2D eigenvalue weighted by atomic mass is 19.4. The summed E-state index contributed by atoms with van der Waals surface area (Å²) in [5, 5.41) is 3.62. The molecule has 0 amide bonds. The number of nitrogen functional groups attached to an aromatic ring is 1. The first-order valence-corrected chi connectivity index (χ1v) is 6.89. The third-order valence-corrected chi connectivity index (χ3v) is 3.25. The minimum absolute atomic E-state index is 0.0416. The van der Waals surface area contributed by atoms with Gasteiger partial charge in [-0.2, -0.15) is 13.2 Å². The zero-order valence-electron chi connectivity index (χ0n) is 12.5. The van der Waals surface area contributed by atoms with Crippen molar-refractivity contribution in [3.63, 3.8) is 0 Å². The highest BCUT2D eigenvalue weighted by Gasteiger charge is 2.31. The lowest BCUT2D eigenvalue weighted by Gasteiger charge is -2.12. The number of benzene rings is 1. The molecule has 1 heterocycles. The molecule has 0 fully saturated rings. The van der Waals surface area contributed by atoms with E-state index in [0.29, 0.717) is 17.4 Å². The summed E-state index contributed by atoms with van der Waals surface area (Å²) in [6.45, 7) is 2.24. The number of alkyl halides is 3. The molecule has 7 heteroatoms. The summed E-state index contributed by atoms with van der Waals surface area (Å²) in [4.78, 5) is 6.40. The van der Waals surface area contributed by atoms with E-state index in [-0.39, 0.29) is 5.69 Å². The first kappa shape index (κ1) is 16.5. The van der Waals surface area contributed by atoms with Gasteiger partial charge in [-0.3, -0.25) is 0 Å². The molecular formula is C15H19F3N4. The van der Waals surface area contributed by atoms with Gasteiger partial charge < -0.3 is 16.0 Å². The van der Waals surface area contributed by atoms with Gasteiger partial charge in [0.25, 0.3) is 0 Å². The van der Waals surface area contributed by atoms with Gasteiger partial charge in [0, 0.05) is 25.0 Å². The molecule has 0 bridgehead atoms. The lowest BCUT2D eigenvalue weighted by Crippen LogP contribution is -2.26. The number of rotatable bonds is 5. The van der Waals surface area contributed by atoms with Crippen LogP contribution in [-0.4, -0.2) is 37.1 Å². The van der Waals surface area contributed by atoms with E-state index in [2.05, 4.69) is 15.2 Å². The van der Waals surface area contributed by atoms with Gasteiger partial charge in [-0.1, -0.05) is 6.07 Å². The Kier molecular flexibility index (Phi) is 4.87. The highest BCUT2D eigenvalue weighted by molar-refractivity contribution is 5.90. The average molecular weight is 312 g/mol. The zero-order chi connectivity index (χ0) is 16.3. The molecule has 0 saturated carbocycles. The molecule has 2 rings (SSSR count). The Labute approximate surface area is 127 Å². The van der Waals surface area contributed by atoms with E-state index in [0.717, 1.165) is 30.9 Å². The number of aromatic nitrogens is 1. The van der Waals surface area contributed by atoms with E-state index in [9.17, 15) is 13.2 Å². The van der Waals surface area contributed by atoms with Crippen LogP contribution in [0.2, 0.25) is 0 Å². The van der Waals surface area contributed by atoms with Crippen LogP contribution in [-0.2, 0) is 12.7 Å². The molecule has 120 valence electrons. The topological polar surface area (TPSA) is 54.2 Å². The van der Waals surface area contributed by atoms with Crippen LogP contribution >= 0.6 is 0 Å². The van der Waals surface area contributed by atoms with Gasteiger partial charge in [0.15, 0.2) is 0 Å². The fourth-order valence-electron chi connectivity index (χ4n) is 2.08. The number of nitrogens with one attached hydrogen (secondary N) is 1. The predicted molar refractivity (Wildman–Crippen MR) is 81.4 cm³/mol. The van der Waals surface area contributed by atoms with E-state index in [1.165, 1.54) is 0 Å². The molecule has 0 aliphatic heterocycles. The van der Waals surface area contributed by atoms with E-state index in [1.54, 1.807) is 12.1 Å². The van der Waals surface area contributed by atoms with E-state index in [4.69, 9.17) is 5.73 Å². The molecule has 0 unspecified atom stereocenters. The van der Waals surface area contributed by atoms with Crippen molar-refractivity contribution in [1.29, 1.82) is 0 Å². The van der Waals surface area contributed by atoms with Crippen LogP contribution in [0.25, 0.3) is 10.9 Å². The fourth-order valence-corrected chi connectivity index (χ4v) is 2.08.